The predicted molar refractivity (Wildman–Crippen MR) is 109 cm³/mol. The summed E-state index contributed by atoms with van der Waals surface area (Å²) in [4.78, 5) is 17.4. The molecule has 1 aliphatic heterocycles. The molecule has 2 heterocycles. The SMILES string of the molecule is CC(=S)NCC1CN(c2cc(F)c(-c3nc(-c4ccccc4)no3)c(F)c2F)C(=O)O1. The molecule has 0 aliphatic carbocycles. The summed E-state index contributed by atoms with van der Waals surface area (Å²) in [6, 6.07) is 9.29. The maximum Gasteiger partial charge on any atom is 0.414 e. The lowest BCUT2D eigenvalue weighted by molar-refractivity contribution is 0.143. The van der Waals surface area contributed by atoms with E-state index in [1.165, 1.54) is 0 Å². The minimum atomic E-state index is -1.55. The van der Waals surface area contributed by atoms with Crippen LogP contribution in [0.2, 0.25) is 0 Å². The van der Waals surface area contributed by atoms with E-state index < -0.39 is 46.8 Å². The molecule has 4 rings (SSSR count). The van der Waals surface area contributed by atoms with Crippen molar-refractivity contribution in [2.24, 2.45) is 0 Å². The standard InChI is InChI=1S/C20H15F3N4O3S/c1-10(31)24-8-12-9-27(20(28)29-12)14-7-13(21)15(17(23)16(14)22)19-25-18(26-30-19)11-5-3-2-4-6-11/h2-7,12H,8-9H2,1H3,(H,24,31). The minimum Gasteiger partial charge on any atom is -0.442 e. The van der Waals surface area contributed by atoms with E-state index in [4.69, 9.17) is 21.5 Å². The summed E-state index contributed by atoms with van der Waals surface area (Å²) < 4.78 is 54.4. The summed E-state index contributed by atoms with van der Waals surface area (Å²) in [5.74, 6) is -4.59. The van der Waals surface area contributed by atoms with Crippen LogP contribution in [-0.2, 0) is 4.74 Å². The number of nitrogens with zero attached hydrogens (tertiary/aromatic N) is 3. The summed E-state index contributed by atoms with van der Waals surface area (Å²) in [5, 5.41) is 6.51. The number of ether oxygens (including phenoxy) is 1. The van der Waals surface area contributed by atoms with Crippen molar-refractivity contribution in [1.82, 2.24) is 15.5 Å². The highest BCUT2D eigenvalue weighted by Crippen LogP contribution is 2.35. The van der Waals surface area contributed by atoms with Gasteiger partial charge in [0.1, 0.15) is 17.5 Å². The van der Waals surface area contributed by atoms with Crippen LogP contribution >= 0.6 is 12.2 Å². The van der Waals surface area contributed by atoms with Gasteiger partial charge >= 0.3 is 6.09 Å². The van der Waals surface area contributed by atoms with E-state index in [9.17, 15) is 18.0 Å². The second-order valence-corrected chi connectivity index (χ2v) is 7.34. The predicted octanol–water partition coefficient (Wildman–Crippen LogP) is 4.08. The quantitative estimate of drug-likeness (QED) is 0.465. The molecule has 1 saturated heterocycles. The molecule has 1 aliphatic rings. The fourth-order valence-electron chi connectivity index (χ4n) is 3.09. The monoisotopic (exact) mass is 448 g/mol. The smallest absolute Gasteiger partial charge is 0.414 e. The Labute approximate surface area is 179 Å². The second-order valence-electron chi connectivity index (χ2n) is 6.72. The van der Waals surface area contributed by atoms with E-state index in [0.29, 0.717) is 16.6 Å². The molecule has 1 amide bonds. The van der Waals surface area contributed by atoms with E-state index in [-0.39, 0.29) is 18.9 Å². The Kier molecular flexibility index (Phi) is 5.59. The van der Waals surface area contributed by atoms with Gasteiger partial charge in [0, 0.05) is 11.6 Å². The third kappa shape index (κ3) is 4.08. The van der Waals surface area contributed by atoms with Gasteiger partial charge in [-0.1, -0.05) is 47.7 Å². The largest absolute Gasteiger partial charge is 0.442 e. The number of halogens is 3. The number of carbonyl (C=O) groups excluding carboxylic acids is 1. The fourth-order valence-corrected chi connectivity index (χ4v) is 3.17. The van der Waals surface area contributed by atoms with Crippen LogP contribution in [0.15, 0.2) is 40.9 Å². The van der Waals surface area contributed by atoms with Gasteiger partial charge in [-0.15, -0.1) is 0 Å². The van der Waals surface area contributed by atoms with Crippen molar-refractivity contribution in [1.29, 1.82) is 0 Å². The van der Waals surface area contributed by atoms with E-state index >= 15 is 0 Å². The van der Waals surface area contributed by atoms with Crippen molar-refractivity contribution in [3.05, 3.63) is 53.8 Å². The zero-order chi connectivity index (χ0) is 22.1. The van der Waals surface area contributed by atoms with E-state index in [0.717, 1.165) is 4.90 Å². The number of carbonyl (C=O) groups is 1. The van der Waals surface area contributed by atoms with E-state index in [2.05, 4.69) is 15.5 Å². The molecule has 0 spiro atoms. The number of rotatable bonds is 5. The summed E-state index contributed by atoms with van der Waals surface area (Å²) in [6.45, 7) is 1.72. The highest BCUT2D eigenvalue weighted by molar-refractivity contribution is 7.80. The summed E-state index contributed by atoms with van der Waals surface area (Å²) in [5.41, 5.74) is -0.854. The molecule has 7 nitrogen and oxygen atoms in total. The highest BCUT2D eigenvalue weighted by Gasteiger charge is 2.36. The Morgan fingerprint density at radius 3 is 2.71 bits per heavy atom. The normalized spacial score (nSPS) is 15.8. The molecule has 1 aromatic heterocycles. The summed E-state index contributed by atoms with van der Waals surface area (Å²) in [6.07, 6.45) is -1.59. The van der Waals surface area contributed by atoms with Crippen LogP contribution in [0.4, 0.5) is 23.7 Å². The number of amides is 1. The minimum absolute atomic E-state index is 0.0891. The van der Waals surface area contributed by atoms with Crippen LogP contribution in [0.25, 0.3) is 22.8 Å². The second kappa shape index (κ2) is 8.34. The molecule has 3 aromatic rings. The maximum absolute atomic E-state index is 14.8. The highest BCUT2D eigenvalue weighted by atomic mass is 32.1. The van der Waals surface area contributed by atoms with Crippen LogP contribution < -0.4 is 10.2 Å². The molecule has 160 valence electrons. The summed E-state index contributed by atoms with van der Waals surface area (Å²) >= 11 is 4.89. The van der Waals surface area contributed by atoms with Crippen molar-refractivity contribution in [2.75, 3.05) is 18.0 Å². The number of cyclic esters (lactones) is 1. The Balaban J connectivity index is 1.64. The zero-order valence-corrected chi connectivity index (χ0v) is 16.9. The molecule has 11 heteroatoms. The van der Waals surface area contributed by atoms with Crippen LogP contribution in [0.3, 0.4) is 0 Å². The number of aromatic nitrogens is 2. The van der Waals surface area contributed by atoms with Crippen molar-refractivity contribution < 1.29 is 27.2 Å². The molecule has 2 aromatic carbocycles. The van der Waals surface area contributed by atoms with Gasteiger partial charge < -0.3 is 14.6 Å². The van der Waals surface area contributed by atoms with Crippen molar-refractivity contribution >= 4 is 29.0 Å². The van der Waals surface area contributed by atoms with Crippen molar-refractivity contribution in [3.63, 3.8) is 0 Å². The van der Waals surface area contributed by atoms with Crippen molar-refractivity contribution in [3.8, 4) is 22.8 Å². The first kappa shape index (κ1) is 20.8. The first-order valence-electron chi connectivity index (χ1n) is 9.14. The Morgan fingerprint density at radius 2 is 2.00 bits per heavy atom. The van der Waals surface area contributed by atoms with Gasteiger partial charge in [0.25, 0.3) is 5.89 Å². The summed E-state index contributed by atoms with van der Waals surface area (Å²) in [7, 11) is 0. The fraction of sp³-hybridized carbons (Fsp3) is 0.200. The lowest BCUT2D eigenvalue weighted by atomic mass is 10.1. The number of anilines is 1. The number of benzene rings is 2. The Hall–Kier alpha value is -3.47. The van der Waals surface area contributed by atoms with Gasteiger partial charge in [-0.2, -0.15) is 4.98 Å². The van der Waals surface area contributed by atoms with E-state index in [1.54, 1.807) is 37.3 Å². The van der Waals surface area contributed by atoms with Crippen LogP contribution in [0, 0.1) is 17.5 Å². The molecule has 1 fully saturated rings. The molecule has 1 unspecified atom stereocenters. The average Bonchev–Trinajstić information content (AvgIpc) is 3.37. The molecular weight excluding hydrogens is 433 g/mol. The van der Waals surface area contributed by atoms with Crippen LogP contribution in [0.5, 0.6) is 0 Å². The molecule has 31 heavy (non-hydrogen) atoms. The molecular formula is C20H15F3N4O3S. The Morgan fingerprint density at radius 1 is 1.26 bits per heavy atom. The van der Waals surface area contributed by atoms with Crippen LogP contribution in [-0.4, -0.2) is 40.4 Å². The number of thiocarbonyl (C=S) groups is 1. The number of hydrogen-bond acceptors (Lipinski definition) is 6. The zero-order valence-electron chi connectivity index (χ0n) is 16.1. The molecule has 0 radical (unpaired) electrons. The molecule has 0 bridgehead atoms. The Bertz CT molecular complexity index is 1160. The topological polar surface area (TPSA) is 80.5 Å². The third-order valence-corrected chi connectivity index (χ3v) is 4.70. The number of nitrogens with one attached hydrogen (secondary N) is 1. The van der Waals surface area contributed by atoms with Gasteiger partial charge in [0.05, 0.1) is 23.8 Å². The van der Waals surface area contributed by atoms with Gasteiger partial charge in [-0.25, -0.2) is 18.0 Å². The van der Waals surface area contributed by atoms with E-state index in [1.807, 2.05) is 0 Å². The van der Waals surface area contributed by atoms with Gasteiger partial charge in [0.2, 0.25) is 5.82 Å². The maximum atomic E-state index is 14.8. The molecule has 1 atom stereocenters. The van der Waals surface area contributed by atoms with Gasteiger partial charge in [-0.05, 0) is 6.92 Å². The first-order valence-corrected chi connectivity index (χ1v) is 9.55. The van der Waals surface area contributed by atoms with Gasteiger partial charge in [-0.3, -0.25) is 4.90 Å². The van der Waals surface area contributed by atoms with Gasteiger partial charge in [0.15, 0.2) is 11.6 Å². The van der Waals surface area contributed by atoms with Crippen LogP contribution in [0.1, 0.15) is 6.92 Å². The average molecular weight is 448 g/mol. The van der Waals surface area contributed by atoms with Crippen molar-refractivity contribution in [2.45, 2.75) is 13.0 Å². The lowest BCUT2D eigenvalue weighted by Gasteiger charge is -2.15. The molecule has 0 saturated carbocycles. The third-order valence-electron chi connectivity index (χ3n) is 4.55. The first-order chi connectivity index (χ1) is 14.8. The number of hydrogen-bond donors (Lipinski definition) is 1. The molecule has 1 N–H and O–H groups in total. The lowest BCUT2D eigenvalue weighted by Crippen LogP contribution is -2.33.